The van der Waals surface area contributed by atoms with Gasteiger partial charge in [0, 0.05) is 26.6 Å². The lowest BCUT2D eigenvalue weighted by atomic mass is 10.2. The van der Waals surface area contributed by atoms with Crippen LogP contribution in [0.5, 0.6) is 0 Å². The molecule has 2 unspecified atom stereocenters. The van der Waals surface area contributed by atoms with Crippen LogP contribution < -0.4 is 5.32 Å². The van der Waals surface area contributed by atoms with Crippen LogP contribution in [0.15, 0.2) is 0 Å². The number of carboxylic acid groups (broad SMARTS) is 1. The first-order valence-electron chi connectivity index (χ1n) is 6.21. The van der Waals surface area contributed by atoms with Crippen LogP contribution in [0.3, 0.4) is 0 Å². The van der Waals surface area contributed by atoms with Gasteiger partial charge in [0.2, 0.25) is 0 Å². The highest BCUT2D eigenvalue weighted by molar-refractivity contribution is 5.73. The SMILES string of the molecule is CC1CC1CN(C)C(=O)NCCCCC(=O)O. The van der Waals surface area contributed by atoms with Crippen molar-refractivity contribution in [3.63, 3.8) is 0 Å². The summed E-state index contributed by atoms with van der Waals surface area (Å²) in [5.74, 6) is 0.634. The third-order valence-corrected chi connectivity index (χ3v) is 3.22. The van der Waals surface area contributed by atoms with Gasteiger partial charge in [0.25, 0.3) is 0 Å². The molecule has 2 N–H and O–H groups in total. The Labute approximate surface area is 102 Å². The van der Waals surface area contributed by atoms with Crippen LogP contribution in [-0.2, 0) is 4.79 Å². The van der Waals surface area contributed by atoms with Crippen molar-refractivity contribution in [3.8, 4) is 0 Å². The van der Waals surface area contributed by atoms with Crippen LogP contribution in [-0.4, -0.2) is 42.1 Å². The van der Waals surface area contributed by atoms with E-state index in [1.807, 2.05) is 0 Å². The molecule has 0 spiro atoms. The van der Waals surface area contributed by atoms with Crippen LogP contribution in [0.4, 0.5) is 4.79 Å². The van der Waals surface area contributed by atoms with Crippen molar-refractivity contribution in [1.82, 2.24) is 10.2 Å². The van der Waals surface area contributed by atoms with Crippen molar-refractivity contribution in [3.05, 3.63) is 0 Å². The quantitative estimate of drug-likeness (QED) is 0.665. The summed E-state index contributed by atoms with van der Waals surface area (Å²) in [7, 11) is 1.80. The van der Waals surface area contributed by atoms with Gasteiger partial charge in [-0.1, -0.05) is 6.92 Å². The lowest BCUT2D eigenvalue weighted by Crippen LogP contribution is -2.38. The van der Waals surface area contributed by atoms with E-state index < -0.39 is 5.97 Å². The Morgan fingerprint density at radius 2 is 2.06 bits per heavy atom. The van der Waals surface area contributed by atoms with Crippen molar-refractivity contribution >= 4 is 12.0 Å². The van der Waals surface area contributed by atoms with Crippen LogP contribution in [0, 0.1) is 11.8 Å². The Morgan fingerprint density at radius 1 is 1.41 bits per heavy atom. The maximum absolute atomic E-state index is 11.6. The largest absolute Gasteiger partial charge is 0.481 e. The average molecular weight is 242 g/mol. The number of unbranched alkanes of at least 4 members (excludes halogenated alkanes) is 1. The monoisotopic (exact) mass is 242 g/mol. The Kier molecular flexibility index (Phi) is 5.25. The molecule has 0 aromatic heterocycles. The summed E-state index contributed by atoms with van der Waals surface area (Å²) in [6.45, 7) is 3.57. The molecule has 2 amide bonds. The Bertz CT molecular complexity index is 281. The lowest BCUT2D eigenvalue weighted by Gasteiger charge is -2.17. The molecule has 2 atom stereocenters. The molecule has 5 heteroatoms. The van der Waals surface area contributed by atoms with Gasteiger partial charge in [-0.15, -0.1) is 0 Å². The molecule has 5 nitrogen and oxygen atoms in total. The number of rotatable bonds is 7. The van der Waals surface area contributed by atoms with Crippen LogP contribution in [0.1, 0.15) is 32.6 Å². The number of hydrogen-bond acceptors (Lipinski definition) is 2. The second-order valence-electron chi connectivity index (χ2n) is 4.94. The zero-order valence-corrected chi connectivity index (χ0v) is 10.6. The summed E-state index contributed by atoms with van der Waals surface area (Å²) >= 11 is 0. The number of carbonyl (C=O) groups is 2. The maximum atomic E-state index is 11.6. The second-order valence-corrected chi connectivity index (χ2v) is 4.94. The predicted octanol–water partition coefficient (Wildman–Crippen LogP) is 1.54. The van der Waals surface area contributed by atoms with Crippen molar-refractivity contribution < 1.29 is 14.7 Å². The molecule has 1 aliphatic rings. The Morgan fingerprint density at radius 3 is 2.59 bits per heavy atom. The number of hydrogen-bond donors (Lipinski definition) is 2. The molecule has 0 aromatic carbocycles. The highest BCUT2D eigenvalue weighted by Crippen LogP contribution is 2.37. The van der Waals surface area contributed by atoms with Crippen molar-refractivity contribution in [2.24, 2.45) is 11.8 Å². The smallest absolute Gasteiger partial charge is 0.317 e. The van der Waals surface area contributed by atoms with E-state index in [-0.39, 0.29) is 12.5 Å². The number of carbonyl (C=O) groups excluding carboxylic acids is 1. The van der Waals surface area contributed by atoms with E-state index in [0.29, 0.717) is 25.3 Å². The van der Waals surface area contributed by atoms with Gasteiger partial charge in [-0.3, -0.25) is 4.79 Å². The van der Waals surface area contributed by atoms with Gasteiger partial charge in [-0.2, -0.15) is 0 Å². The molecule has 17 heavy (non-hydrogen) atoms. The molecule has 1 rings (SSSR count). The zero-order chi connectivity index (χ0) is 12.8. The first-order valence-corrected chi connectivity index (χ1v) is 6.21. The van der Waals surface area contributed by atoms with E-state index in [0.717, 1.165) is 12.5 Å². The summed E-state index contributed by atoms with van der Waals surface area (Å²) in [6, 6.07) is -0.0561. The summed E-state index contributed by atoms with van der Waals surface area (Å²) in [6.07, 6.45) is 2.71. The first-order chi connectivity index (χ1) is 8.00. The van der Waals surface area contributed by atoms with Crippen molar-refractivity contribution in [2.45, 2.75) is 32.6 Å². The molecular formula is C12H22N2O3. The highest BCUT2D eigenvalue weighted by atomic mass is 16.4. The Hall–Kier alpha value is -1.26. The molecule has 0 saturated heterocycles. The number of aliphatic carboxylic acids is 1. The molecule has 1 aliphatic carbocycles. The van der Waals surface area contributed by atoms with Gasteiger partial charge in [-0.25, -0.2) is 4.79 Å². The normalized spacial score (nSPS) is 22.0. The fraction of sp³-hybridized carbons (Fsp3) is 0.833. The number of urea groups is 1. The highest BCUT2D eigenvalue weighted by Gasteiger charge is 2.34. The fourth-order valence-electron chi connectivity index (χ4n) is 1.82. The molecule has 0 bridgehead atoms. The maximum Gasteiger partial charge on any atom is 0.317 e. The van der Waals surface area contributed by atoms with Gasteiger partial charge in [-0.05, 0) is 31.1 Å². The molecule has 0 radical (unpaired) electrons. The van der Waals surface area contributed by atoms with Gasteiger partial charge < -0.3 is 15.3 Å². The predicted molar refractivity (Wildman–Crippen MR) is 64.8 cm³/mol. The average Bonchev–Trinajstić information content (AvgIpc) is 2.92. The zero-order valence-electron chi connectivity index (χ0n) is 10.6. The number of nitrogens with one attached hydrogen (secondary N) is 1. The number of nitrogens with zero attached hydrogens (tertiary/aromatic N) is 1. The van der Waals surface area contributed by atoms with E-state index >= 15 is 0 Å². The van der Waals surface area contributed by atoms with E-state index in [2.05, 4.69) is 12.2 Å². The summed E-state index contributed by atoms with van der Waals surface area (Å²) in [5.41, 5.74) is 0. The van der Waals surface area contributed by atoms with Crippen molar-refractivity contribution in [2.75, 3.05) is 20.1 Å². The molecule has 1 saturated carbocycles. The van der Waals surface area contributed by atoms with Gasteiger partial charge >= 0.3 is 12.0 Å². The van der Waals surface area contributed by atoms with Crippen molar-refractivity contribution in [1.29, 1.82) is 0 Å². The Balaban J connectivity index is 2.01. The fourth-order valence-corrected chi connectivity index (χ4v) is 1.82. The molecule has 0 aliphatic heterocycles. The first kappa shape index (κ1) is 13.8. The lowest BCUT2D eigenvalue weighted by molar-refractivity contribution is -0.137. The summed E-state index contributed by atoms with van der Waals surface area (Å²) < 4.78 is 0. The third kappa shape index (κ3) is 5.56. The third-order valence-electron chi connectivity index (χ3n) is 3.22. The minimum atomic E-state index is -0.781. The van der Waals surface area contributed by atoms with Crippen LogP contribution in [0.2, 0.25) is 0 Å². The molecule has 0 heterocycles. The van der Waals surface area contributed by atoms with Gasteiger partial charge in [0.05, 0.1) is 0 Å². The summed E-state index contributed by atoms with van der Waals surface area (Å²) in [5, 5.41) is 11.2. The minimum Gasteiger partial charge on any atom is -0.481 e. The van der Waals surface area contributed by atoms with Gasteiger partial charge in [0.15, 0.2) is 0 Å². The topological polar surface area (TPSA) is 69.6 Å². The van der Waals surface area contributed by atoms with Crippen LogP contribution >= 0.6 is 0 Å². The van der Waals surface area contributed by atoms with E-state index in [4.69, 9.17) is 5.11 Å². The molecule has 98 valence electrons. The molecule has 0 aromatic rings. The van der Waals surface area contributed by atoms with Crippen LogP contribution in [0.25, 0.3) is 0 Å². The van der Waals surface area contributed by atoms with Gasteiger partial charge in [0.1, 0.15) is 0 Å². The van der Waals surface area contributed by atoms with E-state index in [1.54, 1.807) is 11.9 Å². The number of amides is 2. The second kappa shape index (κ2) is 6.47. The summed E-state index contributed by atoms with van der Waals surface area (Å²) in [4.78, 5) is 23.6. The van der Waals surface area contributed by atoms with E-state index in [1.165, 1.54) is 6.42 Å². The van der Waals surface area contributed by atoms with E-state index in [9.17, 15) is 9.59 Å². The molecular weight excluding hydrogens is 220 g/mol. The number of carboxylic acids is 1. The standard InChI is InChI=1S/C12H22N2O3/c1-9-7-10(9)8-14(2)12(17)13-6-4-3-5-11(15)16/h9-10H,3-8H2,1-2H3,(H,13,17)(H,15,16). The molecule has 1 fully saturated rings. The minimum absolute atomic E-state index is 0.0561.